The van der Waals surface area contributed by atoms with E-state index in [1.165, 1.54) is 35.0 Å². The summed E-state index contributed by atoms with van der Waals surface area (Å²) in [5, 5.41) is 3.54. The SMILES string of the molecule is Cc1ccc(Br)c(NC2CCC2)c1. The zero-order chi connectivity index (χ0) is 9.26. The van der Waals surface area contributed by atoms with Gasteiger partial charge in [-0.1, -0.05) is 6.07 Å². The molecule has 1 aromatic carbocycles. The molecule has 0 unspecified atom stereocenters. The summed E-state index contributed by atoms with van der Waals surface area (Å²) in [5.74, 6) is 0. The zero-order valence-electron chi connectivity index (χ0n) is 7.81. The Morgan fingerprint density at radius 3 is 2.77 bits per heavy atom. The van der Waals surface area contributed by atoms with Gasteiger partial charge in [0, 0.05) is 16.2 Å². The van der Waals surface area contributed by atoms with E-state index in [9.17, 15) is 0 Å². The predicted octanol–water partition coefficient (Wildman–Crippen LogP) is 3.72. The molecule has 0 aliphatic heterocycles. The maximum absolute atomic E-state index is 3.55. The summed E-state index contributed by atoms with van der Waals surface area (Å²) in [6, 6.07) is 7.13. The van der Waals surface area contributed by atoms with Crippen molar-refractivity contribution in [1.29, 1.82) is 0 Å². The summed E-state index contributed by atoms with van der Waals surface area (Å²) in [6.07, 6.45) is 4.02. The molecule has 1 aromatic rings. The minimum atomic E-state index is 0.707. The van der Waals surface area contributed by atoms with E-state index in [2.05, 4.69) is 46.4 Å². The van der Waals surface area contributed by atoms with Gasteiger partial charge in [-0.3, -0.25) is 0 Å². The summed E-state index contributed by atoms with van der Waals surface area (Å²) in [5.41, 5.74) is 2.55. The van der Waals surface area contributed by atoms with Gasteiger partial charge in [-0.05, 0) is 59.8 Å². The largest absolute Gasteiger partial charge is 0.381 e. The average Bonchev–Trinajstić information content (AvgIpc) is 2.03. The monoisotopic (exact) mass is 239 g/mol. The summed E-state index contributed by atoms with van der Waals surface area (Å²) in [7, 11) is 0. The standard InChI is InChI=1S/C11H14BrN/c1-8-5-6-10(12)11(7-8)13-9-3-2-4-9/h5-7,9,13H,2-4H2,1H3. The Hall–Kier alpha value is -0.500. The summed E-state index contributed by atoms with van der Waals surface area (Å²) in [6.45, 7) is 2.12. The lowest BCUT2D eigenvalue weighted by atomic mass is 9.93. The van der Waals surface area contributed by atoms with E-state index in [0.717, 1.165) is 0 Å². The van der Waals surface area contributed by atoms with Crippen LogP contribution in [0.5, 0.6) is 0 Å². The maximum Gasteiger partial charge on any atom is 0.0489 e. The molecule has 1 fully saturated rings. The molecule has 70 valence electrons. The van der Waals surface area contributed by atoms with Gasteiger partial charge in [-0.2, -0.15) is 0 Å². The van der Waals surface area contributed by atoms with Gasteiger partial charge in [0.05, 0.1) is 0 Å². The highest BCUT2D eigenvalue weighted by atomic mass is 79.9. The number of anilines is 1. The fourth-order valence-corrected chi connectivity index (χ4v) is 1.88. The molecule has 1 N–H and O–H groups in total. The Morgan fingerprint density at radius 1 is 1.38 bits per heavy atom. The van der Waals surface area contributed by atoms with Gasteiger partial charge in [0.2, 0.25) is 0 Å². The van der Waals surface area contributed by atoms with E-state index in [1.54, 1.807) is 0 Å². The molecule has 1 nitrogen and oxygen atoms in total. The normalized spacial score (nSPS) is 16.8. The Balaban J connectivity index is 2.13. The highest BCUT2D eigenvalue weighted by molar-refractivity contribution is 9.10. The molecule has 2 rings (SSSR count). The van der Waals surface area contributed by atoms with Gasteiger partial charge in [0.15, 0.2) is 0 Å². The molecule has 0 atom stereocenters. The molecule has 13 heavy (non-hydrogen) atoms. The molecule has 0 bridgehead atoms. The van der Waals surface area contributed by atoms with Crippen molar-refractivity contribution < 1.29 is 0 Å². The molecule has 0 radical (unpaired) electrons. The molecule has 2 heteroatoms. The van der Waals surface area contributed by atoms with Crippen molar-refractivity contribution >= 4 is 21.6 Å². The highest BCUT2D eigenvalue weighted by Gasteiger charge is 2.17. The Bertz CT molecular complexity index is 305. The third-order valence-corrected chi connectivity index (χ3v) is 3.28. The van der Waals surface area contributed by atoms with Crippen molar-refractivity contribution in [3.63, 3.8) is 0 Å². The summed E-state index contributed by atoms with van der Waals surface area (Å²) < 4.78 is 1.17. The first-order chi connectivity index (χ1) is 6.25. The van der Waals surface area contributed by atoms with E-state index < -0.39 is 0 Å². The number of halogens is 1. The molecule has 0 saturated heterocycles. The van der Waals surface area contributed by atoms with Crippen LogP contribution in [0.4, 0.5) is 5.69 Å². The van der Waals surface area contributed by atoms with Crippen LogP contribution in [-0.2, 0) is 0 Å². The zero-order valence-corrected chi connectivity index (χ0v) is 9.39. The molecule has 0 amide bonds. The number of hydrogen-bond acceptors (Lipinski definition) is 1. The molecule has 0 spiro atoms. The fraction of sp³-hybridized carbons (Fsp3) is 0.455. The van der Waals surface area contributed by atoms with Crippen molar-refractivity contribution in [1.82, 2.24) is 0 Å². The van der Waals surface area contributed by atoms with Gasteiger partial charge in [-0.15, -0.1) is 0 Å². The number of rotatable bonds is 2. The van der Waals surface area contributed by atoms with Crippen LogP contribution in [0, 0.1) is 6.92 Å². The van der Waals surface area contributed by atoms with E-state index in [-0.39, 0.29) is 0 Å². The van der Waals surface area contributed by atoms with Crippen LogP contribution in [0.3, 0.4) is 0 Å². The minimum Gasteiger partial charge on any atom is -0.381 e. The molecule has 0 heterocycles. The van der Waals surface area contributed by atoms with Gasteiger partial charge < -0.3 is 5.32 Å². The second kappa shape index (κ2) is 3.70. The first-order valence-electron chi connectivity index (χ1n) is 4.78. The lowest BCUT2D eigenvalue weighted by Crippen LogP contribution is -2.27. The first-order valence-corrected chi connectivity index (χ1v) is 5.58. The second-order valence-electron chi connectivity index (χ2n) is 3.76. The molecular weight excluding hydrogens is 226 g/mol. The average molecular weight is 240 g/mol. The molecule has 1 aliphatic rings. The van der Waals surface area contributed by atoms with Gasteiger partial charge in [0.1, 0.15) is 0 Å². The van der Waals surface area contributed by atoms with Crippen LogP contribution in [0.15, 0.2) is 22.7 Å². The van der Waals surface area contributed by atoms with Crippen LogP contribution in [0.2, 0.25) is 0 Å². The van der Waals surface area contributed by atoms with Crippen molar-refractivity contribution in [3.8, 4) is 0 Å². The Morgan fingerprint density at radius 2 is 2.15 bits per heavy atom. The second-order valence-corrected chi connectivity index (χ2v) is 4.61. The quantitative estimate of drug-likeness (QED) is 0.830. The first kappa shape index (κ1) is 9.07. The molecule has 0 aromatic heterocycles. The smallest absolute Gasteiger partial charge is 0.0489 e. The maximum atomic E-state index is 3.55. The van der Waals surface area contributed by atoms with E-state index in [1.807, 2.05) is 0 Å². The van der Waals surface area contributed by atoms with Crippen molar-refractivity contribution in [3.05, 3.63) is 28.2 Å². The lowest BCUT2D eigenvalue weighted by Gasteiger charge is -2.28. The van der Waals surface area contributed by atoms with E-state index in [0.29, 0.717) is 6.04 Å². The third kappa shape index (κ3) is 2.05. The van der Waals surface area contributed by atoms with E-state index >= 15 is 0 Å². The van der Waals surface area contributed by atoms with Crippen LogP contribution in [-0.4, -0.2) is 6.04 Å². The van der Waals surface area contributed by atoms with Gasteiger partial charge in [-0.25, -0.2) is 0 Å². The van der Waals surface area contributed by atoms with Crippen LogP contribution in [0.25, 0.3) is 0 Å². The lowest BCUT2D eigenvalue weighted by molar-refractivity contribution is 0.445. The number of benzene rings is 1. The topological polar surface area (TPSA) is 12.0 Å². The van der Waals surface area contributed by atoms with Gasteiger partial charge in [0.25, 0.3) is 0 Å². The van der Waals surface area contributed by atoms with Crippen molar-refractivity contribution in [2.24, 2.45) is 0 Å². The van der Waals surface area contributed by atoms with Crippen LogP contribution >= 0.6 is 15.9 Å². The minimum absolute atomic E-state index is 0.707. The summed E-state index contributed by atoms with van der Waals surface area (Å²) in [4.78, 5) is 0. The van der Waals surface area contributed by atoms with E-state index in [4.69, 9.17) is 0 Å². The summed E-state index contributed by atoms with van der Waals surface area (Å²) >= 11 is 3.55. The molecular formula is C11H14BrN. The van der Waals surface area contributed by atoms with Crippen LogP contribution in [0.1, 0.15) is 24.8 Å². The van der Waals surface area contributed by atoms with Crippen molar-refractivity contribution in [2.45, 2.75) is 32.2 Å². The Kier molecular flexibility index (Phi) is 2.58. The third-order valence-electron chi connectivity index (χ3n) is 2.59. The number of nitrogens with one attached hydrogen (secondary N) is 1. The van der Waals surface area contributed by atoms with Crippen LogP contribution < -0.4 is 5.32 Å². The highest BCUT2D eigenvalue weighted by Crippen LogP contribution is 2.28. The molecule has 1 aliphatic carbocycles. The Labute approximate surface area is 87.7 Å². The van der Waals surface area contributed by atoms with Crippen molar-refractivity contribution in [2.75, 3.05) is 5.32 Å². The molecule has 1 saturated carbocycles. The fourth-order valence-electron chi connectivity index (χ4n) is 1.52. The van der Waals surface area contributed by atoms with Gasteiger partial charge >= 0.3 is 0 Å². The number of hydrogen-bond donors (Lipinski definition) is 1. The predicted molar refractivity (Wildman–Crippen MR) is 60.1 cm³/mol. The number of aryl methyl sites for hydroxylation is 1.